The van der Waals surface area contributed by atoms with E-state index in [9.17, 15) is 0 Å². The maximum Gasteiger partial charge on any atom is 0.128 e. The average molecular weight is 277 g/mol. The summed E-state index contributed by atoms with van der Waals surface area (Å²) in [5.41, 5.74) is 1.11. The van der Waals surface area contributed by atoms with E-state index in [1.165, 1.54) is 0 Å². The van der Waals surface area contributed by atoms with Crippen molar-refractivity contribution in [3.63, 3.8) is 0 Å². The van der Waals surface area contributed by atoms with Crippen molar-refractivity contribution in [1.29, 1.82) is 0 Å². The Morgan fingerprint density at radius 2 is 1.95 bits per heavy atom. The van der Waals surface area contributed by atoms with Gasteiger partial charge < -0.3 is 15.1 Å². The molecule has 20 heavy (non-hydrogen) atoms. The number of nitrogens with zero attached hydrogens (tertiary/aromatic N) is 4. The minimum atomic E-state index is 0.830. The van der Waals surface area contributed by atoms with E-state index in [-0.39, 0.29) is 0 Å². The Morgan fingerprint density at radius 1 is 1.20 bits per heavy atom. The Kier molecular flexibility index (Phi) is 5.76. The summed E-state index contributed by atoms with van der Waals surface area (Å²) in [6.45, 7) is 7.53. The number of rotatable bonds is 6. The third-order valence-corrected chi connectivity index (χ3v) is 3.71. The summed E-state index contributed by atoms with van der Waals surface area (Å²) in [5.74, 6) is 1.12. The number of anilines is 1. The normalized spacial score (nSPS) is 16.9. The summed E-state index contributed by atoms with van der Waals surface area (Å²) in [6.07, 6.45) is 0. The van der Waals surface area contributed by atoms with Gasteiger partial charge >= 0.3 is 0 Å². The van der Waals surface area contributed by atoms with Crippen LogP contribution in [0.4, 0.5) is 5.82 Å². The maximum absolute atomic E-state index is 4.72. The molecular formula is C15H27N5. The summed E-state index contributed by atoms with van der Waals surface area (Å²) in [5, 5.41) is 3.15. The molecule has 0 saturated carbocycles. The van der Waals surface area contributed by atoms with Crippen LogP contribution in [0, 0.1) is 0 Å². The predicted molar refractivity (Wildman–Crippen MR) is 84.2 cm³/mol. The van der Waals surface area contributed by atoms with Gasteiger partial charge in [-0.2, -0.15) is 0 Å². The number of pyridine rings is 1. The monoisotopic (exact) mass is 277 g/mol. The number of likely N-dealkylation sites (N-methyl/N-ethyl adjacent to an activating group) is 1. The van der Waals surface area contributed by atoms with Crippen molar-refractivity contribution in [3.8, 4) is 0 Å². The molecule has 5 heteroatoms. The van der Waals surface area contributed by atoms with Crippen LogP contribution in [-0.2, 0) is 6.54 Å². The van der Waals surface area contributed by atoms with E-state index in [1.54, 1.807) is 0 Å². The first-order valence-corrected chi connectivity index (χ1v) is 7.41. The highest BCUT2D eigenvalue weighted by molar-refractivity contribution is 5.39. The van der Waals surface area contributed by atoms with E-state index >= 15 is 0 Å². The molecule has 2 heterocycles. The molecule has 1 N–H and O–H groups in total. The fourth-order valence-corrected chi connectivity index (χ4v) is 2.46. The topological polar surface area (TPSA) is 34.6 Å². The lowest BCUT2D eigenvalue weighted by molar-refractivity contribution is 0.229. The lowest BCUT2D eigenvalue weighted by Gasteiger charge is -2.36. The summed E-state index contributed by atoms with van der Waals surface area (Å²) in [6, 6.07) is 6.30. The lowest BCUT2D eigenvalue weighted by Crippen LogP contribution is -2.48. The summed E-state index contributed by atoms with van der Waals surface area (Å²) >= 11 is 0. The molecule has 0 atom stereocenters. The molecule has 2 rings (SSSR count). The molecule has 5 nitrogen and oxygen atoms in total. The van der Waals surface area contributed by atoms with Gasteiger partial charge in [-0.15, -0.1) is 0 Å². The molecule has 0 spiro atoms. The summed E-state index contributed by atoms with van der Waals surface area (Å²) < 4.78 is 0. The van der Waals surface area contributed by atoms with Crippen LogP contribution in [0.15, 0.2) is 18.2 Å². The third-order valence-electron chi connectivity index (χ3n) is 3.71. The van der Waals surface area contributed by atoms with Crippen LogP contribution in [0.1, 0.15) is 5.69 Å². The first-order chi connectivity index (χ1) is 9.69. The number of aromatic nitrogens is 1. The lowest BCUT2D eigenvalue weighted by atomic mass is 10.3. The molecule has 112 valence electrons. The minimum Gasteiger partial charge on any atom is -0.354 e. The van der Waals surface area contributed by atoms with Gasteiger partial charge in [0.1, 0.15) is 5.82 Å². The molecule has 1 aliphatic heterocycles. The van der Waals surface area contributed by atoms with Gasteiger partial charge in [-0.05, 0) is 33.3 Å². The summed E-state index contributed by atoms with van der Waals surface area (Å²) in [7, 11) is 6.22. The Labute approximate surface area is 122 Å². The standard InChI is InChI=1S/C15H27N5/c1-16-13-14-5-4-6-15(17-14)20-11-9-19(10-12-20)8-7-18(2)3/h4-6,16H,7-13H2,1-3H3. The second-order valence-corrected chi connectivity index (χ2v) is 5.65. The molecule has 1 fully saturated rings. The van der Waals surface area contributed by atoms with E-state index in [4.69, 9.17) is 4.98 Å². The number of hydrogen-bond acceptors (Lipinski definition) is 5. The van der Waals surface area contributed by atoms with Crippen LogP contribution in [-0.4, -0.2) is 75.2 Å². The van der Waals surface area contributed by atoms with Crippen LogP contribution < -0.4 is 10.2 Å². The highest BCUT2D eigenvalue weighted by atomic mass is 15.3. The first-order valence-electron chi connectivity index (χ1n) is 7.41. The van der Waals surface area contributed by atoms with E-state index in [1.807, 2.05) is 7.05 Å². The van der Waals surface area contributed by atoms with E-state index < -0.39 is 0 Å². The van der Waals surface area contributed by atoms with Crippen molar-refractivity contribution in [2.45, 2.75) is 6.54 Å². The van der Waals surface area contributed by atoms with Crippen molar-refractivity contribution in [3.05, 3.63) is 23.9 Å². The highest BCUT2D eigenvalue weighted by Crippen LogP contribution is 2.14. The molecule has 0 radical (unpaired) electrons. The minimum absolute atomic E-state index is 0.830. The number of piperazine rings is 1. The van der Waals surface area contributed by atoms with Gasteiger partial charge in [0, 0.05) is 45.8 Å². The second kappa shape index (κ2) is 7.57. The maximum atomic E-state index is 4.72. The SMILES string of the molecule is CNCc1cccc(N2CCN(CCN(C)C)CC2)n1. The predicted octanol–water partition coefficient (Wildman–Crippen LogP) is 0.485. The molecule has 0 amide bonds. The van der Waals surface area contributed by atoms with Crippen molar-refractivity contribution in [2.24, 2.45) is 0 Å². The van der Waals surface area contributed by atoms with Crippen LogP contribution in [0.2, 0.25) is 0 Å². The van der Waals surface area contributed by atoms with Crippen LogP contribution in [0.3, 0.4) is 0 Å². The molecular weight excluding hydrogens is 250 g/mol. The molecule has 0 aliphatic carbocycles. The second-order valence-electron chi connectivity index (χ2n) is 5.65. The molecule has 1 saturated heterocycles. The summed E-state index contributed by atoms with van der Waals surface area (Å²) in [4.78, 5) is 11.9. The Bertz CT molecular complexity index is 399. The van der Waals surface area contributed by atoms with Crippen molar-refractivity contribution < 1.29 is 0 Å². The van der Waals surface area contributed by atoms with Gasteiger partial charge in [0.25, 0.3) is 0 Å². The van der Waals surface area contributed by atoms with E-state index in [0.29, 0.717) is 0 Å². The fourth-order valence-electron chi connectivity index (χ4n) is 2.46. The molecule has 0 aromatic carbocycles. The van der Waals surface area contributed by atoms with Gasteiger partial charge in [0.2, 0.25) is 0 Å². The average Bonchev–Trinajstić information content (AvgIpc) is 2.46. The van der Waals surface area contributed by atoms with Crippen LogP contribution in [0.25, 0.3) is 0 Å². The quantitative estimate of drug-likeness (QED) is 0.818. The molecule has 1 aliphatic rings. The smallest absolute Gasteiger partial charge is 0.128 e. The van der Waals surface area contributed by atoms with Crippen LogP contribution >= 0.6 is 0 Å². The fraction of sp³-hybridized carbons (Fsp3) is 0.667. The van der Waals surface area contributed by atoms with Gasteiger partial charge in [0.15, 0.2) is 0 Å². The van der Waals surface area contributed by atoms with Gasteiger partial charge in [-0.25, -0.2) is 4.98 Å². The highest BCUT2D eigenvalue weighted by Gasteiger charge is 2.17. The Balaban J connectivity index is 1.85. The van der Waals surface area contributed by atoms with Crippen molar-refractivity contribution in [2.75, 3.05) is 65.3 Å². The van der Waals surface area contributed by atoms with E-state index in [0.717, 1.165) is 57.3 Å². The molecule has 0 unspecified atom stereocenters. The largest absolute Gasteiger partial charge is 0.354 e. The van der Waals surface area contributed by atoms with Gasteiger partial charge in [-0.1, -0.05) is 6.07 Å². The molecule has 1 aromatic heterocycles. The first kappa shape index (κ1) is 15.2. The van der Waals surface area contributed by atoms with Crippen LogP contribution in [0.5, 0.6) is 0 Å². The number of nitrogens with one attached hydrogen (secondary N) is 1. The third kappa shape index (κ3) is 4.44. The molecule has 1 aromatic rings. The zero-order chi connectivity index (χ0) is 14.4. The zero-order valence-corrected chi connectivity index (χ0v) is 13.0. The van der Waals surface area contributed by atoms with E-state index in [2.05, 4.69) is 52.3 Å². The van der Waals surface area contributed by atoms with Gasteiger partial charge in [0.05, 0.1) is 5.69 Å². The molecule has 0 bridgehead atoms. The van der Waals surface area contributed by atoms with Crippen molar-refractivity contribution in [1.82, 2.24) is 20.1 Å². The number of hydrogen-bond donors (Lipinski definition) is 1. The van der Waals surface area contributed by atoms with Gasteiger partial charge in [-0.3, -0.25) is 4.90 Å². The zero-order valence-electron chi connectivity index (χ0n) is 13.0. The van der Waals surface area contributed by atoms with Crippen molar-refractivity contribution >= 4 is 5.82 Å². The Hall–Kier alpha value is -1.17. The Morgan fingerprint density at radius 3 is 2.60 bits per heavy atom.